The van der Waals surface area contributed by atoms with Crippen LogP contribution in [0.2, 0.25) is 0 Å². The van der Waals surface area contributed by atoms with Crippen LogP contribution >= 0.6 is 15.9 Å². The van der Waals surface area contributed by atoms with Gasteiger partial charge in [-0.1, -0.05) is 53.2 Å². The van der Waals surface area contributed by atoms with E-state index in [0.717, 1.165) is 22.3 Å². The molecule has 2 aromatic carbocycles. The first kappa shape index (κ1) is 14.5. The Bertz CT molecular complexity index is 603. The summed E-state index contributed by atoms with van der Waals surface area (Å²) in [4.78, 5) is 12.1. The van der Waals surface area contributed by atoms with Crippen LogP contribution in [0.15, 0.2) is 70.8 Å². The summed E-state index contributed by atoms with van der Waals surface area (Å²) in [6.07, 6.45) is 2.44. The molecule has 20 heavy (non-hydrogen) atoms. The van der Waals surface area contributed by atoms with E-state index in [4.69, 9.17) is 0 Å². The smallest absolute Gasteiger partial charge is 0.187 e. The highest BCUT2D eigenvalue weighted by atomic mass is 79.9. The van der Waals surface area contributed by atoms with Crippen molar-refractivity contribution in [2.75, 3.05) is 5.32 Å². The van der Waals surface area contributed by atoms with Crippen LogP contribution in [0, 0.1) is 0 Å². The molecule has 0 spiro atoms. The van der Waals surface area contributed by atoms with Gasteiger partial charge in [0.2, 0.25) is 0 Å². The number of carbonyl (C=O) groups is 1. The van der Waals surface area contributed by atoms with Crippen molar-refractivity contribution in [2.24, 2.45) is 0 Å². The van der Waals surface area contributed by atoms with Gasteiger partial charge in [0.25, 0.3) is 0 Å². The van der Waals surface area contributed by atoms with Gasteiger partial charge in [-0.25, -0.2) is 0 Å². The Labute approximate surface area is 127 Å². The number of benzene rings is 2. The molecule has 0 atom stereocenters. The van der Waals surface area contributed by atoms with Gasteiger partial charge < -0.3 is 5.32 Å². The van der Waals surface area contributed by atoms with Crippen LogP contribution in [0.25, 0.3) is 0 Å². The molecule has 0 heterocycles. The molecule has 0 aliphatic carbocycles. The molecule has 0 unspecified atom stereocenters. The third kappa shape index (κ3) is 4.07. The van der Waals surface area contributed by atoms with Crippen LogP contribution in [0.4, 0.5) is 5.69 Å². The Kier molecular flexibility index (Phi) is 5.13. The first-order valence-electron chi connectivity index (χ1n) is 6.51. The van der Waals surface area contributed by atoms with Crippen LogP contribution in [0.1, 0.15) is 23.7 Å². The minimum atomic E-state index is 0.0204. The van der Waals surface area contributed by atoms with Gasteiger partial charge >= 0.3 is 0 Å². The van der Waals surface area contributed by atoms with Crippen molar-refractivity contribution in [3.63, 3.8) is 0 Å². The molecule has 102 valence electrons. The third-order valence-electron chi connectivity index (χ3n) is 2.89. The highest BCUT2D eigenvalue weighted by Crippen LogP contribution is 2.17. The Morgan fingerprint density at radius 1 is 1.10 bits per heavy atom. The van der Waals surface area contributed by atoms with Crippen LogP contribution < -0.4 is 5.32 Å². The average molecular weight is 330 g/mol. The van der Waals surface area contributed by atoms with E-state index in [1.807, 2.05) is 61.5 Å². The fraction of sp³-hybridized carbons (Fsp3) is 0.118. The molecule has 0 aromatic heterocycles. The van der Waals surface area contributed by atoms with Crippen molar-refractivity contribution in [1.29, 1.82) is 0 Å². The molecule has 0 saturated heterocycles. The van der Waals surface area contributed by atoms with Gasteiger partial charge in [-0.2, -0.15) is 0 Å². The molecule has 0 bridgehead atoms. The van der Waals surface area contributed by atoms with E-state index >= 15 is 0 Å². The zero-order valence-corrected chi connectivity index (χ0v) is 12.9. The molecule has 2 nitrogen and oxygen atoms in total. The summed E-state index contributed by atoms with van der Waals surface area (Å²) >= 11 is 3.40. The number of ketones is 1. The van der Waals surface area contributed by atoms with Crippen molar-refractivity contribution in [3.05, 3.63) is 76.4 Å². The van der Waals surface area contributed by atoms with Crippen molar-refractivity contribution in [1.82, 2.24) is 0 Å². The van der Waals surface area contributed by atoms with E-state index in [0.29, 0.717) is 5.56 Å². The minimum Gasteiger partial charge on any atom is -0.359 e. The van der Waals surface area contributed by atoms with E-state index in [1.165, 1.54) is 0 Å². The quantitative estimate of drug-likeness (QED) is 0.615. The SMILES string of the molecule is CC/C(=C\C(=O)c1ccccc1)Nc1ccc(Br)cc1. The Balaban J connectivity index is 2.13. The number of anilines is 1. The van der Waals surface area contributed by atoms with Gasteiger partial charge in [-0.15, -0.1) is 0 Å². The first-order valence-corrected chi connectivity index (χ1v) is 7.31. The van der Waals surface area contributed by atoms with E-state index in [9.17, 15) is 4.79 Å². The predicted molar refractivity (Wildman–Crippen MR) is 86.9 cm³/mol. The lowest BCUT2D eigenvalue weighted by Gasteiger charge is -2.09. The molecule has 0 amide bonds. The normalized spacial score (nSPS) is 11.2. The number of halogens is 1. The van der Waals surface area contributed by atoms with Gasteiger partial charge in [0.1, 0.15) is 0 Å². The van der Waals surface area contributed by atoms with Gasteiger partial charge in [0.15, 0.2) is 5.78 Å². The standard InChI is InChI=1S/C17H16BrNO/c1-2-15(19-16-10-8-14(18)9-11-16)12-17(20)13-6-4-3-5-7-13/h3-12,19H,2H2,1H3/b15-12+. The summed E-state index contributed by atoms with van der Waals surface area (Å²) in [5, 5.41) is 3.28. The number of hydrogen-bond donors (Lipinski definition) is 1. The zero-order chi connectivity index (χ0) is 14.4. The van der Waals surface area contributed by atoms with Gasteiger partial charge in [-0.3, -0.25) is 4.79 Å². The zero-order valence-electron chi connectivity index (χ0n) is 11.3. The van der Waals surface area contributed by atoms with Crippen molar-refractivity contribution < 1.29 is 4.79 Å². The van der Waals surface area contributed by atoms with E-state index in [2.05, 4.69) is 21.2 Å². The second-order valence-electron chi connectivity index (χ2n) is 4.39. The molecular weight excluding hydrogens is 314 g/mol. The van der Waals surface area contributed by atoms with Crippen molar-refractivity contribution in [2.45, 2.75) is 13.3 Å². The summed E-state index contributed by atoms with van der Waals surface area (Å²) in [6, 6.07) is 17.2. The molecule has 0 radical (unpaired) electrons. The van der Waals surface area contributed by atoms with Gasteiger partial charge in [0.05, 0.1) is 0 Å². The predicted octanol–water partition coefficient (Wildman–Crippen LogP) is 5.04. The number of allylic oxidation sites excluding steroid dienone is 2. The molecule has 1 N–H and O–H groups in total. The molecule has 0 aliphatic rings. The summed E-state index contributed by atoms with van der Waals surface area (Å²) in [5.41, 5.74) is 2.58. The second kappa shape index (κ2) is 7.06. The molecule has 0 saturated carbocycles. The minimum absolute atomic E-state index is 0.0204. The number of hydrogen-bond acceptors (Lipinski definition) is 2. The van der Waals surface area contributed by atoms with Crippen LogP contribution in [0.3, 0.4) is 0 Å². The second-order valence-corrected chi connectivity index (χ2v) is 5.30. The maximum absolute atomic E-state index is 12.1. The van der Waals surface area contributed by atoms with Crippen LogP contribution in [-0.4, -0.2) is 5.78 Å². The maximum Gasteiger partial charge on any atom is 0.187 e. The van der Waals surface area contributed by atoms with E-state index < -0.39 is 0 Å². The monoisotopic (exact) mass is 329 g/mol. The molecule has 3 heteroatoms. The fourth-order valence-corrected chi connectivity index (χ4v) is 2.05. The van der Waals surface area contributed by atoms with Gasteiger partial charge in [0, 0.05) is 27.5 Å². The highest BCUT2D eigenvalue weighted by molar-refractivity contribution is 9.10. The largest absolute Gasteiger partial charge is 0.359 e. The topological polar surface area (TPSA) is 29.1 Å². The molecule has 0 aliphatic heterocycles. The summed E-state index contributed by atoms with van der Waals surface area (Å²) in [6.45, 7) is 2.02. The van der Waals surface area contributed by atoms with E-state index in [-0.39, 0.29) is 5.78 Å². The maximum atomic E-state index is 12.1. The number of carbonyl (C=O) groups excluding carboxylic acids is 1. The molecule has 2 aromatic rings. The summed E-state index contributed by atoms with van der Waals surface area (Å²) in [7, 11) is 0. The van der Waals surface area contributed by atoms with Crippen molar-refractivity contribution >= 4 is 27.4 Å². The first-order chi connectivity index (χ1) is 9.69. The van der Waals surface area contributed by atoms with Crippen LogP contribution in [0.5, 0.6) is 0 Å². The van der Waals surface area contributed by atoms with Crippen molar-refractivity contribution in [3.8, 4) is 0 Å². The highest BCUT2D eigenvalue weighted by Gasteiger charge is 2.04. The third-order valence-corrected chi connectivity index (χ3v) is 3.42. The average Bonchev–Trinajstić information content (AvgIpc) is 2.49. The molecule has 0 fully saturated rings. The van der Waals surface area contributed by atoms with E-state index in [1.54, 1.807) is 6.08 Å². The molecular formula is C17H16BrNO. The number of nitrogens with one attached hydrogen (secondary N) is 1. The lowest BCUT2D eigenvalue weighted by molar-refractivity contribution is 0.104. The lowest BCUT2D eigenvalue weighted by atomic mass is 10.1. The summed E-state index contributed by atoms with van der Waals surface area (Å²) < 4.78 is 1.03. The molecule has 2 rings (SSSR count). The lowest BCUT2D eigenvalue weighted by Crippen LogP contribution is -2.03. The Morgan fingerprint density at radius 2 is 1.75 bits per heavy atom. The number of rotatable bonds is 5. The summed E-state index contributed by atoms with van der Waals surface area (Å²) in [5.74, 6) is 0.0204. The van der Waals surface area contributed by atoms with Gasteiger partial charge in [-0.05, 0) is 30.7 Å². The Hall–Kier alpha value is -1.87. The Morgan fingerprint density at radius 3 is 2.35 bits per heavy atom. The van der Waals surface area contributed by atoms with Crippen LogP contribution in [-0.2, 0) is 0 Å². The fourth-order valence-electron chi connectivity index (χ4n) is 1.79.